The Morgan fingerprint density at radius 1 is 1.23 bits per heavy atom. The number of pyridine rings is 1. The summed E-state index contributed by atoms with van der Waals surface area (Å²) in [6.45, 7) is 0.747. The second kappa shape index (κ2) is 10.0. The number of carbonyl (C=O) groups excluding carboxylic acids is 1. The average Bonchev–Trinajstić information content (AvgIpc) is 3.33. The molecular weight excluding hydrogens is 542 g/mol. The van der Waals surface area contributed by atoms with E-state index in [2.05, 4.69) is 9.98 Å². The Hall–Kier alpha value is -3.26. The van der Waals surface area contributed by atoms with Crippen molar-refractivity contribution in [3.8, 4) is 5.75 Å². The van der Waals surface area contributed by atoms with Crippen molar-refractivity contribution in [3.63, 3.8) is 0 Å². The summed E-state index contributed by atoms with van der Waals surface area (Å²) in [7, 11) is -1.62. The van der Waals surface area contributed by atoms with Gasteiger partial charge in [-0.3, -0.25) is 4.79 Å². The topological polar surface area (TPSA) is 118 Å². The van der Waals surface area contributed by atoms with E-state index in [1.165, 1.54) is 50.4 Å². The lowest BCUT2D eigenvalue weighted by Gasteiger charge is -2.48. The number of ether oxygens (including phenoxy) is 1. The van der Waals surface area contributed by atoms with E-state index >= 15 is 4.39 Å². The summed E-state index contributed by atoms with van der Waals surface area (Å²) >= 11 is 0. The van der Waals surface area contributed by atoms with Gasteiger partial charge in [-0.25, -0.2) is 27.1 Å². The van der Waals surface area contributed by atoms with Crippen LogP contribution in [0.4, 0.5) is 17.6 Å². The molecule has 0 radical (unpaired) electrons. The van der Waals surface area contributed by atoms with Gasteiger partial charge in [-0.15, -0.1) is 0 Å². The predicted octanol–water partition coefficient (Wildman–Crippen LogP) is 2.86. The summed E-state index contributed by atoms with van der Waals surface area (Å²) in [5.41, 5.74) is 4.60. The van der Waals surface area contributed by atoms with Crippen molar-refractivity contribution in [3.05, 3.63) is 59.2 Å². The highest BCUT2D eigenvalue weighted by atomic mass is 32.2. The minimum absolute atomic E-state index is 0.0388. The van der Waals surface area contributed by atoms with Gasteiger partial charge in [0.2, 0.25) is 16.0 Å². The van der Waals surface area contributed by atoms with Gasteiger partial charge < -0.3 is 15.4 Å². The maximum atomic E-state index is 15.5. The van der Waals surface area contributed by atoms with Gasteiger partial charge in [0.05, 0.1) is 19.7 Å². The molecule has 2 N–H and O–H groups in total. The Morgan fingerprint density at radius 3 is 2.56 bits per heavy atom. The molecule has 1 spiro atoms. The SMILES string of the molecule is COc1ccc(C(=O)Cc2ccc(F)c([C@@]3(C)N=C(N)N(C)S(=O)(=O)[C@@]34CCN(CCC(F)(F)F)C4)c2)nc1. The van der Waals surface area contributed by atoms with Crippen LogP contribution in [0.3, 0.4) is 0 Å². The maximum Gasteiger partial charge on any atom is 0.390 e. The number of nitrogens with zero attached hydrogens (tertiary/aromatic N) is 4. The molecule has 2 aromatic rings. The molecule has 1 aromatic heterocycles. The number of aromatic nitrogens is 1. The van der Waals surface area contributed by atoms with Crippen LogP contribution < -0.4 is 10.5 Å². The molecule has 2 aliphatic rings. The van der Waals surface area contributed by atoms with Gasteiger partial charge in [-0.05, 0) is 49.7 Å². The lowest BCUT2D eigenvalue weighted by Crippen LogP contribution is -2.66. The van der Waals surface area contributed by atoms with Gasteiger partial charge in [-0.1, -0.05) is 6.07 Å². The fourth-order valence-electron chi connectivity index (χ4n) is 5.28. The molecule has 0 aliphatic carbocycles. The highest BCUT2D eigenvalue weighted by Crippen LogP contribution is 2.51. The number of ketones is 1. The first kappa shape index (κ1) is 28.7. The van der Waals surface area contributed by atoms with E-state index in [0.29, 0.717) is 11.3 Å². The van der Waals surface area contributed by atoms with E-state index < -0.39 is 45.3 Å². The van der Waals surface area contributed by atoms with Crippen LogP contribution >= 0.6 is 0 Å². The quantitative estimate of drug-likeness (QED) is 0.401. The van der Waals surface area contributed by atoms with Gasteiger partial charge in [-0.2, -0.15) is 13.2 Å². The van der Waals surface area contributed by atoms with Crippen molar-refractivity contribution >= 4 is 21.8 Å². The number of alkyl halides is 3. The summed E-state index contributed by atoms with van der Waals surface area (Å²) < 4.78 is 85.9. The third kappa shape index (κ3) is 5.07. The number of Topliss-reactive ketones (excluding diaryl/α,β-unsaturated/α-hetero) is 1. The fraction of sp³-hybridized carbons (Fsp3) is 0.480. The van der Waals surface area contributed by atoms with Crippen molar-refractivity contribution in [1.82, 2.24) is 14.2 Å². The van der Waals surface area contributed by atoms with Gasteiger partial charge >= 0.3 is 6.18 Å². The van der Waals surface area contributed by atoms with Crippen molar-refractivity contribution in [2.45, 2.75) is 42.6 Å². The second-order valence-corrected chi connectivity index (χ2v) is 12.2. The fourth-order valence-corrected chi connectivity index (χ4v) is 7.45. The summed E-state index contributed by atoms with van der Waals surface area (Å²) in [4.78, 5) is 22.8. The largest absolute Gasteiger partial charge is 0.495 e. The van der Waals surface area contributed by atoms with Gasteiger partial charge in [0, 0.05) is 32.1 Å². The Balaban J connectivity index is 1.74. The molecular formula is C25H29F4N5O4S. The van der Waals surface area contributed by atoms with Crippen molar-refractivity contribution < 1.29 is 35.5 Å². The molecule has 0 unspecified atom stereocenters. The molecule has 2 aliphatic heterocycles. The van der Waals surface area contributed by atoms with Gasteiger partial charge in [0.1, 0.15) is 27.5 Å². The smallest absolute Gasteiger partial charge is 0.390 e. The normalized spacial score (nSPS) is 25.1. The van der Waals surface area contributed by atoms with E-state index in [-0.39, 0.29) is 48.9 Å². The number of halogens is 4. The zero-order valence-electron chi connectivity index (χ0n) is 21.6. The Bertz CT molecular complexity index is 1400. The molecule has 1 fully saturated rings. The molecule has 3 heterocycles. The Labute approximate surface area is 223 Å². The summed E-state index contributed by atoms with van der Waals surface area (Å²) in [6.07, 6.45) is -4.41. The monoisotopic (exact) mass is 571 g/mol. The Kier molecular flexibility index (Phi) is 7.40. The minimum atomic E-state index is -4.42. The number of likely N-dealkylation sites (tertiary alicyclic amines) is 1. The van der Waals surface area contributed by atoms with Crippen LogP contribution in [-0.2, 0) is 22.0 Å². The molecule has 0 saturated carbocycles. The first-order valence-corrected chi connectivity index (χ1v) is 13.5. The molecule has 9 nitrogen and oxygen atoms in total. The molecule has 212 valence electrons. The number of hydrogen-bond acceptors (Lipinski definition) is 8. The molecule has 1 saturated heterocycles. The van der Waals surface area contributed by atoms with Crippen molar-refractivity contribution in [2.75, 3.05) is 33.8 Å². The van der Waals surface area contributed by atoms with Crippen molar-refractivity contribution in [2.24, 2.45) is 10.7 Å². The van der Waals surface area contributed by atoms with E-state index in [4.69, 9.17) is 10.5 Å². The number of carbonyl (C=O) groups is 1. The van der Waals surface area contributed by atoms with Crippen LogP contribution in [0, 0.1) is 5.82 Å². The lowest BCUT2D eigenvalue weighted by molar-refractivity contribution is -0.137. The van der Waals surface area contributed by atoms with E-state index in [1.54, 1.807) is 6.07 Å². The van der Waals surface area contributed by atoms with E-state index in [9.17, 15) is 26.4 Å². The third-order valence-corrected chi connectivity index (χ3v) is 10.2. The van der Waals surface area contributed by atoms with Crippen LogP contribution in [0.2, 0.25) is 0 Å². The summed E-state index contributed by atoms with van der Waals surface area (Å²) in [5, 5.41) is 0. The zero-order valence-corrected chi connectivity index (χ0v) is 22.4. The standard InChI is InChI=1S/C25H29F4N5O4S/c1-23(18-12-16(4-6-19(18)26)13-21(35)20-7-5-17(38-3)14-31-20)24(39(36,37)33(2)22(30)32-23)8-10-34(15-24)11-9-25(27,28)29/h4-7,12,14H,8-11,13,15H2,1-3H3,(H2,30,32)/t23-,24-/m1/s1. The van der Waals surface area contributed by atoms with Crippen LogP contribution in [0.1, 0.15) is 41.4 Å². The molecule has 2 atom stereocenters. The maximum absolute atomic E-state index is 15.5. The molecule has 0 bridgehead atoms. The number of benzene rings is 1. The van der Waals surface area contributed by atoms with E-state index in [0.717, 1.165) is 10.4 Å². The zero-order chi connectivity index (χ0) is 28.8. The third-order valence-electron chi connectivity index (χ3n) is 7.60. The minimum Gasteiger partial charge on any atom is -0.495 e. The number of methoxy groups -OCH3 is 1. The number of guanidine groups is 1. The molecule has 39 heavy (non-hydrogen) atoms. The molecule has 4 rings (SSSR count). The van der Waals surface area contributed by atoms with E-state index in [1.807, 2.05) is 0 Å². The van der Waals surface area contributed by atoms with Crippen LogP contribution in [-0.4, -0.2) is 79.1 Å². The molecule has 0 amide bonds. The average molecular weight is 572 g/mol. The highest BCUT2D eigenvalue weighted by molar-refractivity contribution is 7.91. The predicted molar refractivity (Wildman–Crippen MR) is 135 cm³/mol. The summed E-state index contributed by atoms with van der Waals surface area (Å²) in [5.74, 6) is -1.05. The first-order valence-electron chi connectivity index (χ1n) is 12.1. The second-order valence-electron chi connectivity index (χ2n) is 9.90. The number of nitrogens with two attached hydrogens (primary N) is 1. The molecule has 14 heteroatoms. The highest BCUT2D eigenvalue weighted by Gasteiger charge is 2.66. The Morgan fingerprint density at radius 2 is 1.95 bits per heavy atom. The number of aliphatic imine (C=N–C) groups is 1. The lowest BCUT2D eigenvalue weighted by atomic mass is 9.77. The summed E-state index contributed by atoms with van der Waals surface area (Å²) in [6, 6.07) is 6.95. The first-order chi connectivity index (χ1) is 18.1. The van der Waals surface area contributed by atoms with Gasteiger partial charge in [0.25, 0.3) is 0 Å². The number of sulfonamides is 1. The van der Waals surface area contributed by atoms with Crippen molar-refractivity contribution in [1.29, 1.82) is 0 Å². The van der Waals surface area contributed by atoms with Crippen LogP contribution in [0.15, 0.2) is 41.5 Å². The van der Waals surface area contributed by atoms with Crippen LogP contribution in [0.25, 0.3) is 0 Å². The number of hydrogen-bond donors (Lipinski definition) is 1. The number of rotatable bonds is 7. The van der Waals surface area contributed by atoms with Gasteiger partial charge in [0.15, 0.2) is 5.78 Å². The molecule has 1 aromatic carbocycles. The van der Waals surface area contributed by atoms with Crippen LogP contribution in [0.5, 0.6) is 5.75 Å².